The summed E-state index contributed by atoms with van der Waals surface area (Å²) in [6.07, 6.45) is 0.979. The first-order valence-electron chi connectivity index (χ1n) is 6.40. The van der Waals surface area contributed by atoms with E-state index in [0.717, 1.165) is 18.8 Å². The van der Waals surface area contributed by atoms with Crippen molar-refractivity contribution >= 4 is 27.3 Å². The predicted octanol–water partition coefficient (Wildman–Crippen LogP) is 4.39. The third-order valence-electron chi connectivity index (χ3n) is 3.64. The molecule has 2 atom stereocenters. The third kappa shape index (κ3) is 2.45. The molecule has 4 heteroatoms. The highest BCUT2D eigenvalue weighted by Gasteiger charge is 2.28. The molecule has 0 saturated carbocycles. The van der Waals surface area contributed by atoms with E-state index in [1.165, 1.54) is 19.8 Å². The van der Waals surface area contributed by atoms with Crippen molar-refractivity contribution in [3.63, 3.8) is 0 Å². The summed E-state index contributed by atoms with van der Waals surface area (Å²) in [4.78, 5) is 1.24. The normalized spacial score (nSPS) is 19.6. The molecule has 1 aliphatic heterocycles. The van der Waals surface area contributed by atoms with Crippen LogP contribution in [0.4, 0.5) is 0 Å². The van der Waals surface area contributed by atoms with E-state index < -0.39 is 0 Å². The van der Waals surface area contributed by atoms with Crippen molar-refractivity contribution in [3.05, 3.63) is 50.1 Å². The lowest BCUT2D eigenvalue weighted by Gasteiger charge is -2.29. The fourth-order valence-corrected chi connectivity index (χ4v) is 4.23. The van der Waals surface area contributed by atoms with Crippen molar-refractivity contribution < 1.29 is 4.74 Å². The number of para-hydroxylation sites is 1. The molecule has 1 aromatic heterocycles. The van der Waals surface area contributed by atoms with Gasteiger partial charge in [0.05, 0.1) is 10.4 Å². The maximum absolute atomic E-state index is 6.50. The molecule has 100 valence electrons. The summed E-state index contributed by atoms with van der Waals surface area (Å²) >= 11 is 5.32. The lowest BCUT2D eigenvalue weighted by atomic mass is 9.86. The summed E-state index contributed by atoms with van der Waals surface area (Å²) in [5.41, 5.74) is 9.00. The molecule has 3 rings (SSSR count). The van der Waals surface area contributed by atoms with Crippen molar-refractivity contribution in [2.24, 2.45) is 5.73 Å². The number of aryl methyl sites for hydroxylation is 1. The molecule has 0 radical (unpaired) electrons. The fraction of sp³-hybridized carbons (Fsp3) is 0.333. The molecule has 0 amide bonds. The predicted molar refractivity (Wildman–Crippen MR) is 83.0 cm³/mol. The van der Waals surface area contributed by atoms with E-state index in [1.54, 1.807) is 11.3 Å². The van der Waals surface area contributed by atoms with Crippen molar-refractivity contribution in [2.45, 2.75) is 25.3 Å². The highest BCUT2D eigenvalue weighted by molar-refractivity contribution is 9.11. The van der Waals surface area contributed by atoms with Gasteiger partial charge in [0.25, 0.3) is 0 Å². The minimum absolute atomic E-state index is 0.0417. The van der Waals surface area contributed by atoms with Crippen molar-refractivity contribution in [1.82, 2.24) is 0 Å². The molecular formula is C15H16BrNOS. The molecule has 2 unspecified atom stereocenters. The number of ether oxygens (including phenoxy) is 1. The number of benzene rings is 1. The van der Waals surface area contributed by atoms with Crippen LogP contribution in [0.5, 0.6) is 5.75 Å². The highest BCUT2D eigenvalue weighted by atomic mass is 79.9. The SMILES string of the molecule is Cc1cc(C(N)C2CCOc3ccccc32)sc1Br. The maximum atomic E-state index is 6.50. The standard InChI is InChI=1S/C15H16BrNOS/c1-9-8-13(19-15(9)16)14(17)11-6-7-18-12-5-3-2-4-10(11)12/h2-5,8,11,14H,6-7,17H2,1H3. The second-order valence-electron chi connectivity index (χ2n) is 4.91. The number of rotatable bonds is 2. The number of fused-ring (bicyclic) bond motifs is 1. The Morgan fingerprint density at radius 2 is 2.21 bits per heavy atom. The van der Waals surface area contributed by atoms with Crippen LogP contribution >= 0.6 is 27.3 Å². The molecule has 2 aromatic rings. The van der Waals surface area contributed by atoms with E-state index in [0.29, 0.717) is 5.92 Å². The van der Waals surface area contributed by atoms with E-state index >= 15 is 0 Å². The summed E-state index contributed by atoms with van der Waals surface area (Å²) in [6, 6.07) is 10.5. The van der Waals surface area contributed by atoms with Crippen LogP contribution in [0.1, 0.15) is 34.4 Å². The Morgan fingerprint density at radius 1 is 1.42 bits per heavy atom. The van der Waals surface area contributed by atoms with Crippen LogP contribution in [0, 0.1) is 6.92 Å². The van der Waals surface area contributed by atoms with E-state index in [-0.39, 0.29) is 6.04 Å². The smallest absolute Gasteiger partial charge is 0.122 e. The van der Waals surface area contributed by atoms with Crippen molar-refractivity contribution in [2.75, 3.05) is 6.61 Å². The molecule has 0 saturated heterocycles. The molecule has 0 fully saturated rings. The first-order valence-corrected chi connectivity index (χ1v) is 8.01. The second-order valence-corrected chi connectivity index (χ2v) is 7.31. The van der Waals surface area contributed by atoms with Crippen LogP contribution in [0.25, 0.3) is 0 Å². The zero-order valence-electron chi connectivity index (χ0n) is 10.7. The molecule has 1 aliphatic rings. The second kappa shape index (κ2) is 5.27. The molecule has 1 aromatic carbocycles. The molecule has 0 bridgehead atoms. The van der Waals surface area contributed by atoms with Crippen LogP contribution in [-0.2, 0) is 0 Å². The van der Waals surface area contributed by atoms with E-state index in [9.17, 15) is 0 Å². The Morgan fingerprint density at radius 3 is 2.95 bits per heavy atom. The lowest BCUT2D eigenvalue weighted by molar-refractivity contribution is 0.256. The first-order chi connectivity index (χ1) is 9.16. The number of hydrogen-bond acceptors (Lipinski definition) is 3. The van der Waals surface area contributed by atoms with Gasteiger partial charge >= 0.3 is 0 Å². The van der Waals surface area contributed by atoms with Crippen molar-refractivity contribution in [3.8, 4) is 5.75 Å². The Bertz CT molecular complexity index is 576. The summed E-state index contributed by atoms with van der Waals surface area (Å²) in [7, 11) is 0. The van der Waals surface area contributed by atoms with Crippen LogP contribution in [0.2, 0.25) is 0 Å². The molecule has 19 heavy (non-hydrogen) atoms. The van der Waals surface area contributed by atoms with Crippen LogP contribution in [-0.4, -0.2) is 6.61 Å². The van der Waals surface area contributed by atoms with Gasteiger partial charge in [-0.2, -0.15) is 0 Å². The number of hydrogen-bond donors (Lipinski definition) is 1. The van der Waals surface area contributed by atoms with E-state index in [2.05, 4.69) is 41.1 Å². The van der Waals surface area contributed by atoms with Crippen LogP contribution in [0.3, 0.4) is 0 Å². The summed E-state index contributed by atoms with van der Waals surface area (Å²) in [5.74, 6) is 1.33. The van der Waals surface area contributed by atoms with E-state index in [4.69, 9.17) is 10.5 Å². The van der Waals surface area contributed by atoms with Gasteiger partial charge in [-0.3, -0.25) is 0 Å². The lowest BCUT2D eigenvalue weighted by Crippen LogP contribution is -2.24. The monoisotopic (exact) mass is 337 g/mol. The molecule has 0 aliphatic carbocycles. The fourth-order valence-electron chi connectivity index (χ4n) is 2.59. The molecule has 2 N–H and O–H groups in total. The molecule has 2 nitrogen and oxygen atoms in total. The highest BCUT2D eigenvalue weighted by Crippen LogP contribution is 2.43. The van der Waals surface area contributed by atoms with Gasteiger partial charge in [0.1, 0.15) is 5.75 Å². The zero-order chi connectivity index (χ0) is 13.4. The Balaban J connectivity index is 1.95. The number of thiophene rings is 1. The number of halogens is 1. The van der Waals surface area contributed by atoms with Crippen LogP contribution in [0.15, 0.2) is 34.1 Å². The van der Waals surface area contributed by atoms with Gasteiger partial charge in [-0.05, 0) is 52.5 Å². The van der Waals surface area contributed by atoms with Gasteiger partial charge in [0, 0.05) is 16.8 Å². The molecular weight excluding hydrogens is 322 g/mol. The van der Waals surface area contributed by atoms with Gasteiger partial charge in [-0.25, -0.2) is 0 Å². The average Bonchev–Trinajstić information content (AvgIpc) is 2.77. The quantitative estimate of drug-likeness (QED) is 0.882. The minimum Gasteiger partial charge on any atom is -0.493 e. The van der Waals surface area contributed by atoms with Gasteiger partial charge in [0.2, 0.25) is 0 Å². The summed E-state index contributed by atoms with van der Waals surface area (Å²) in [6.45, 7) is 2.86. The van der Waals surface area contributed by atoms with E-state index in [1.807, 2.05) is 12.1 Å². The molecule has 0 spiro atoms. The Labute approximate surface area is 125 Å². The minimum atomic E-state index is 0.0417. The largest absolute Gasteiger partial charge is 0.493 e. The summed E-state index contributed by atoms with van der Waals surface area (Å²) < 4.78 is 6.89. The van der Waals surface area contributed by atoms with Gasteiger partial charge < -0.3 is 10.5 Å². The summed E-state index contributed by atoms with van der Waals surface area (Å²) in [5, 5.41) is 0. The van der Waals surface area contributed by atoms with Crippen molar-refractivity contribution in [1.29, 1.82) is 0 Å². The topological polar surface area (TPSA) is 35.2 Å². The third-order valence-corrected chi connectivity index (χ3v) is 5.88. The number of nitrogens with two attached hydrogens (primary N) is 1. The average molecular weight is 338 g/mol. The Hall–Kier alpha value is -0.840. The maximum Gasteiger partial charge on any atom is 0.122 e. The first kappa shape index (κ1) is 13.2. The Kier molecular flexibility index (Phi) is 3.65. The zero-order valence-corrected chi connectivity index (χ0v) is 13.1. The van der Waals surface area contributed by atoms with Gasteiger partial charge in [0.15, 0.2) is 0 Å². The van der Waals surface area contributed by atoms with Gasteiger partial charge in [-0.1, -0.05) is 18.2 Å². The van der Waals surface area contributed by atoms with Gasteiger partial charge in [-0.15, -0.1) is 11.3 Å². The van der Waals surface area contributed by atoms with Crippen LogP contribution < -0.4 is 10.5 Å². The molecule has 2 heterocycles.